The van der Waals surface area contributed by atoms with Gasteiger partial charge >= 0.3 is 0 Å². The number of ketones is 1. The number of carbonyl (C=O) groups excluding carboxylic acids is 1. The molecule has 3 nitrogen and oxygen atoms in total. The van der Waals surface area contributed by atoms with Gasteiger partial charge in [0.25, 0.3) is 0 Å². The highest BCUT2D eigenvalue weighted by atomic mass is 32.1. The van der Waals surface area contributed by atoms with Gasteiger partial charge in [0.05, 0.1) is 5.51 Å². The Balaban J connectivity index is 2.31. The van der Waals surface area contributed by atoms with E-state index in [9.17, 15) is 4.79 Å². The largest absolute Gasteiger partial charge is 0.330 e. The number of thiazole rings is 1. The molecule has 17 heavy (non-hydrogen) atoms. The lowest BCUT2D eigenvalue weighted by Crippen LogP contribution is -2.16. The van der Waals surface area contributed by atoms with Crippen LogP contribution >= 0.6 is 11.3 Å². The second-order valence-electron chi connectivity index (χ2n) is 4.80. The normalized spacial score (nSPS) is 12.9. The molecule has 1 aromatic heterocycles. The molecular formula is C13H22N2OS. The Morgan fingerprint density at radius 1 is 1.47 bits per heavy atom. The lowest BCUT2D eigenvalue weighted by Gasteiger charge is -2.19. The van der Waals surface area contributed by atoms with Crippen molar-refractivity contribution in [3.63, 3.8) is 0 Å². The van der Waals surface area contributed by atoms with Gasteiger partial charge in [-0.15, -0.1) is 11.3 Å². The first kappa shape index (κ1) is 14.3. The van der Waals surface area contributed by atoms with Crippen molar-refractivity contribution in [2.45, 2.75) is 39.5 Å². The van der Waals surface area contributed by atoms with Crippen molar-refractivity contribution < 1.29 is 4.79 Å². The van der Waals surface area contributed by atoms with Crippen LogP contribution in [0.5, 0.6) is 0 Å². The number of nitrogens with two attached hydrogens (primary N) is 1. The fraction of sp³-hybridized carbons (Fsp3) is 0.692. The van der Waals surface area contributed by atoms with Crippen LogP contribution in [0.4, 0.5) is 0 Å². The van der Waals surface area contributed by atoms with E-state index in [4.69, 9.17) is 5.73 Å². The van der Waals surface area contributed by atoms with Gasteiger partial charge in [0.2, 0.25) is 0 Å². The van der Waals surface area contributed by atoms with Crippen LogP contribution in [0.2, 0.25) is 0 Å². The average molecular weight is 254 g/mol. The molecule has 1 rings (SSSR count). The molecule has 1 aromatic rings. The quantitative estimate of drug-likeness (QED) is 0.776. The number of hydrogen-bond donors (Lipinski definition) is 1. The molecule has 0 aromatic carbocycles. The van der Waals surface area contributed by atoms with Gasteiger partial charge in [-0.3, -0.25) is 9.78 Å². The fourth-order valence-corrected chi connectivity index (χ4v) is 2.61. The first-order valence-electron chi connectivity index (χ1n) is 6.22. The Kier molecular flexibility index (Phi) is 6.37. The van der Waals surface area contributed by atoms with E-state index < -0.39 is 0 Å². The van der Waals surface area contributed by atoms with Gasteiger partial charge in [0.1, 0.15) is 5.78 Å². The number of Topliss-reactive ketones (excluding diaryl/α,β-unsaturated/α-hetero) is 1. The molecule has 1 atom stereocenters. The third kappa shape index (κ3) is 5.41. The van der Waals surface area contributed by atoms with Crippen LogP contribution in [0.25, 0.3) is 0 Å². The summed E-state index contributed by atoms with van der Waals surface area (Å²) < 4.78 is 0. The van der Waals surface area contributed by atoms with Gasteiger partial charge in [-0.2, -0.15) is 0 Å². The Bertz CT molecular complexity index is 322. The molecule has 0 radical (unpaired) electrons. The first-order chi connectivity index (χ1) is 8.13. The highest BCUT2D eigenvalue weighted by molar-refractivity contribution is 7.09. The molecule has 1 unspecified atom stereocenters. The van der Waals surface area contributed by atoms with Gasteiger partial charge in [0.15, 0.2) is 0 Å². The van der Waals surface area contributed by atoms with E-state index in [1.807, 2.05) is 0 Å². The molecule has 4 heteroatoms. The standard InChI is InChI=1S/C13H22N2OS/c1-10(2)11(5-6-14)3-4-12(16)7-13-8-15-9-17-13/h8-11H,3-7,14H2,1-2H3. The van der Waals surface area contributed by atoms with Crippen LogP contribution in [0, 0.1) is 11.8 Å². The van der Waals surface area contributed by atoms with E-state index in [0.717, 1.165) is 17.7 Å². The minimum Gasteiger partial charge on any atom is -0.330 e. The van der Waals surface area contributed by atoms with Crippen molar-refractivity contribution in [1.29, 1.82) is 0 Å². The van der Waals surface area contributed by atoms with Crippen LogP contribution in [0.1, 0.15) is 38.0 Å². The van der Waals surface area contributed by atoms with Crippen LogP contribution in [-0.4, -0.2) is 17.3 Å². The zero-order chi connectivity index (χ0) is 12.7. The Labute approximate surface area is 107 Å². The van der Waals surface area contributed by atoms with Crippen molar-refractivity contribution in [3.05, 3.63) is 16.6 Å². The smallest absolute Gasteiger partial charge is 0.138 e. The summed E-state index contributed by atoms with van der Waals surface area (Å²) in [5.74, 6) is 1.50. The molecule has 96 valence electrons. The SMILES string of the molecule is CC(C)C(CCN)CCC(=O)Cc1cncs1. The molecule has 0 fully saturated rings. The van der Waals surface area contributed by atoms with E-state index in [2.05, 4.69) is 18.8 Å². The summed E-state index contributed by atoms with van der Waals surface area (Å²) in [6.45, 7) is 5.12. The second kappa shape index (κ2) is 7.56. The molecule has 1 heterocycles. The predicted molar refractivity (Wildman–Crippen MR) is 72.1 cm³/mol. The van der Waals surface area contributed by atoms with E-state index in [1.165, 1.54) is 0 Å². The summed E-state index contributed by atoms with van der Waals surface area (Å²) >= 11 is 1.55. The Morgan fingerprint density at radius 2 is 2.24 bits per heavy atom. The zero-order valence-corrected chi connectivity index (χ0v) is 11.5. The first-order valence-corrected chi connectivity index (χ1v) is 7.10. The average Bonchev–Trinajstić information content (AvgIpc) is 2.76. The van der Waals surface area contributed by atoms with Crippen molar-refractivity contribution in [1.82, 2.24) is 4.98 Å². The minimum atomic E-state index is 0.317. The molecule has 0 amide bonds. The van der Waals surface area contributed by atoms with Crippen molar-refractivity contribution in [3.8, 4) is 0 Å². The topological polar surface area (TPSA) is 56.0 Å². The summed E-state index contributed by atoms with van der Waals surface area (Å²) in [6.07, 6.45) is 4.97. The molecular weight excluding hydrogens is 232 g/mol. The summed E-state index contributed by atoms with van der Waals surface area (Å²) in [4.78, 5) is 16.8. The van der Waals surface area contributed by atoms with Crippen molar-refractivity contribution >= 4 is 17.1 Å². The molecule has 0 aliphatic rings. The molecule has 0 saturated heterocycles. The minimum absolute atomic E-state index is 0.317. The third-order valence-corrected chi connectivity index (χ3v) is 3.91. The third-order valence-electron chi connectivity index (χ3n) is 3.13. The maximum atomic E-state index is 11.8. The lowest BCUT2D eigenvalue weighted by atomic mass is 9.87. The highest BCUT2D eigenvalue weighted by Gasteiger charge is 2.14. The highest BCUT2D eigenvalue weighted by Crippen LogP contribution is 2.21. The summed E-state index contributed by atoms with van der Waals surface area (Å²) in [5.41, 5.74) is 7.36. The van der Waals surface area contributed by atoms with E-state index in [-0.39, 0.29) is 0 Å². The van der Waals surface area contributed by atoms with Crippen molar-refractivity contribution in [2.24, 2.45) is 17.6 Å². The maximum Gasteiger partial charge on any atom is 0.138 e. The Morgan fingerprint density at radius 3 is 2.76 bits per heavy atom. The monoisotopic (exact) mass is 254 g/mol. The van der Waals surface area contributed by atoms with Gasteiger partial charge in [-0.1, -0.05) is 13.8 Å². The molecule has 0 aliphatic heterocycles. The van der Waals surface area contributed by atoms with Crippen molar-refractivity contribution in [2.75, 3.05) is 6.54 Å². The number of carbonyl (C=O) groups is 1. The van der Waals surface area contributed by atoms with Gasteiger partial charge < -0.3 is 5.73 Å². The van der Waals surface area contributed by atoms with Crippen LogP contribution in [-0.2, 0) is 11.2 Å². The van der Waals surface area contributed by atoms with Crippen LogP contribution < -0.4 is 5.73 Å². The van der Waals surface area contributed by atoms with E-state index >= 15 is 0 Å². The number of aromatic nitrogens is 1. The van der Waals surface area contributed by atoms with E-state index in [0.29, 0.717) is 37.0 Å². The van der Waals surface area contributed by atoms with Gasteiger partial charge in [0, 0.05) is 23.9 Å². The maximum absolute atomic E-state index is 11.8. The summed E-state index contributed by atoms with van der Waals surface area (Å²) in [6, 6.07) is 0. The second-order valence-corrected chi connectivity index (χ2v) is 5.77. The number of rotatable bonds is 8. The Hall–Kier alpha value is -0.740. The number of nitrogens with zero attached hydrogens (tertiary/aromatic N) is 1. The molecule has 0 spiro atoms. The van der Waals surface area contributed by atoms with E-state index in [1.54, 1.807) is 23.0 Å². The summed E-state index contributed by atoms with van der Waals surface area (Å²) in [5, 5.41) is 0. The van der Waals surface area contributed by atoms with Gasteiger partial charge in [-0.25, -0.2) is 0 Å². The van der Waals surface area contributed by atoms with Crippen LogP contribution in [0.3, 0.4) is 0 Å². The lowest BCUT2D eigenvalue weighted by molar-refractivity contribution is -0.118. The molecule has 2 N–H and O–H groups in total. The number of hydrogen-bond acceptors (Lipinski definition) is 4. The predicted octanol–water partition coefficient (Wildman–Crippen LogP) is 2.66. The molecule has 0 saturated carbocycles. The summed E-state index contributed by atoms with van der Waals surface area (Å²) in [7, 11) is 0. The zero-order valence-electron chi connectivity index (χ0n) is 10.7. The fourth-order valence-electron chi connectivity index (χ4n) is 1.98. The van der Waals surface area contributed by atoms with Gasteiger partial charge in [-0.05, 0) is 31.2 Å². The molecule has 0 aliphatic carbocycles. The van der Waals surface area contributed by atoms with Crippen LogP contribution in [0.15, 0.2) is 11.7 Å². The molecule has 0 bridgehead atoms.